The second-order valence-electron chi connectivity index (χ2n) is 5.32. The van der Waals surface area contributed by atoms with E-state index in [1.165, 1.54) is 22.0 Å². The molecule has 0 saturated carbocycles. The lowest BCUT2D eigenvalue weighted by atomic mass is 10.1. The molecule has 1 aromatic carbocycles. The molecule has 4 nitrogen and oxygen atoms in total. The number of hydrogen-bond acceptors (Lipinski definition) is 2. The number of hydrogen-bond donors (Lipinski definition) is 1. The van der Waals surface area contributed by atoms with E-state index >= 15 is 0 Å². The summed E-state index contributed by atoms with van der Waals surface area (Å²) >= 11 is 0. The monoisotopic (exact) mass is 282 g/mol. The molecule has 0 aliphatic rings. The van der Waals surface area contributed by atoms with Crippen molar-refractivity contribution in [2.24, 2.45) is 0 Å². The van der Waals surface area contributed by atoms with E-state index in [0.717, 1.165) is 26.2 Å². The lowest BCUT2D eigenvalue weighted by molar-refractivity contribution is 0.658. The number of fused-ring (bicyclic) bond motifs is 1. The molecular formula is C17H22N4. The maximum atomic E-state index is 4.35. The van der Waals surface area contributed by atoms with Gasteiger partial charge < -0.3 is 9.88 Å². The molecule has 1 N–H and O–H groups in total. The minimum absolute atomic E-state index is 0.869. The van der Waals surface area contributed by atoms with Gasteiger partial charge in [0.15, 0.2) is 0 Å². The van der Waals surface area contributed by atoms with Crippen LogP contribution in [0, 0.1) is 0 Å². The van der Waals surface area contributed by atoms with E-state index in [2.05, 4.69) is 65.5 Å². The van der Waals surface area contributed by atoms with Crippen molar-refractivity contribution in [3.8, 4) is 0 Å². The van der Waals surface area contributed by atoms with Gasteiger partial charge in [0.05, 0.1) is 12.7 Å². The summed E-state index contributed by atoms with van der Waals surface area (Å²) in [5, 5.41) is 9.02. The van der Waals surface area contributed by atoms with E-state index in [1.54, 1.807) is 0 Å². The Morgan fingerprint density at radius 3 is 2.81 bits per heavy atom. The quantitative estimate of drug-likeness (QED) is 0.754. The van der Waals surface area contributed by atoms with Gasteiger partial charge in [0, 0.05) is 36.6 Å². The minimum atomic E-state index is 0.869. The molecule has 0 spiro atoms. The smallest absolute Gasteiger partial charge is 0.0539 e. The molecule has 2 aromatic heterocycles. The van der Waals surface area contributed by atoms with Crippen molar-refractivity contribution in [3.05, 3.63) is 54.0 Å². The molecular weight excluding hydrogens is 260 g/mol. The molecule has 3 aromatic rings. The van der Waals surface area contributed by atoms with E-state index in [0.29, 0.717) is 0 Å². The van der Waals surface area contributed by atoms with Crippen molar-refractivity contribution >= 4 is 10.9 Å². The topological polar surface area (TPSA) is 34.8 Å². The molecule has 0 unspecified atom stereocenters. The van der Waals surface area contributed by atoms with Crippen LogP contribution in [0.15, 0.2) is 42.9 Å². The van der Waals surface area contributed by atoms with Gasteiger partial charge in [-0.15, -0.1) is 0 Å². The van der Waals surface area contributed by atoms with E-state index in [4.69, 9.17) is 0 Å². The zero-order chi connectivity index (χ0) is 14.7. The van der Waals surface area contributed by atoms with Gasteiger partial charge in [0.2, 0.25) is 0 Å². The normalized spacial score (nSPS) is 11.3. The molecule has 0 amide bonds. The Kier molecular flexibility index (Phi) is 4.06. The van der Waals surface area contributed by atoms with Crippen molar-refractivity contribution < 1.29 is 0 Å². The van der Waals surface area contributed by atoms with E-state index < -0.39 is 0 Å². The first kappa shape index (κ1) is 13.9. The second-order valence-corrected chi connectivity index (χ2v) is 5.32. The van der Waals surface area contributed by atoms with Gasteiger partial charge >= 0.3 is 0 Å². The van der Waals surface area contributed by atoms with Crippen molar-refractivity contribution in [1.82, 2.24) is 19.7 Å². The Bertz CT molecular complexity index is 723. The Morgan fingerprint density at radius 2 is 2.05 bits per heavy atom. The summed E-state index contributed by atoms with van der Waals surface area (Å²) in [7, 11) is 0. The second kappa shape index (κ2) is 6.14. The highest BCUT2D eigenvalue weighted by molar-refractivity contribution is 5.80. The molecule has 0 aliphatic heterocycles. The largest absolute Gasteiger partial charge is 0.343 e. The summed E-state index contributed by atoms with van der Waals surface area (Å²) < 4.78 is 4.26. The number of nitrogens with one attached hydrogen (secondary N) is 1. The fraction of sp³-hybridized carbons (Fsp3) is 0.353. The van der Waals surface area contributed by atoms with Crippen LogP contribution in [0.2, 0.25) is 0 Å². The lowest BCUT2D eigenvalue weighted by Crippen LogP contribution is -2.11. The van der Waals surface area contributed by atoms with E-state index in [-0.39, 0.29) is 0 Å². The molecule has 0 saturated heterocycles. The van der Waals surface area contributed by atoms with Crippen LogP contribution in [0.5, 0.6) is 0 Å². The molecule has 3 rings (SSSR count). The summed E-state index contributed by atoms with van der Waals surface area (Å²) in [4.78, 5) is 0. The number of aromatic nitrogens is 3. The average molecular weight is 282 g/mol. The van der Waals surface area contributed by atoms with Gasteiger partial charge in [-0.25, -0.2) is 0 Å². The van der Waals surface area contributed by atoms with Crippen LogP contribution in [0.4, 0.5) is 0 Å². The van der Waals surface area contributed by atoms with Gasteiger partial charge in [0.25, 0.3) is 0 Å². The van der Waals surface area contributed by atoms with Crippen LogP contribution in [0.3, 0.4) is 0 Å². The lowest BCUT2D eigenvalue weighted by Gasteiger charge is -2.06. The van der Waals surface area contributed by atoms with Crippen molar-refractivity contribution in [2.45, 2.75) is 33.5 Å². The van der Waals surface area contributed by atoms with Crippen LogP contribution in [-0.2, 0) is 19.6 Å². The van der Waals surface area contributed by atoms with Crippen LogP contribution in [0.25, 0.3) is 10.9 Å². The van der Waals surface area contributed by atoms with Crippen molar-refractivity contribution in [3.63, 3.8) is 0 Å². The fourth-order valence-electron chi connectivity index (χ4n) is 2.60. The van der Waals surface area contributed by atoms with Gasteiger partial charge in [0.1, 0.15) is 0 Å². The number of aryl methyl sites for hydroxylation is 1. The Labute approximate surface area is 125 Å². The molecule has 0 bridgehead atoms. The standard InChI is InChI=1S/C17H22N4/c1-3-18-10-14-5-6-16-7-8-20(17(16)9-14)12-15-11-19-21(4-2)13-15/h5-9,11,13,18H,3-4,10,12H2,1-2H3. The molecule has 0 aliphatic carbocycles. The first-order chi connectivity index (χ1) is 10.3. The molecule has 2 heterocycles. The third-order valence-electron chi connectivity index (χ3n) is 3.78. The number of rotatable bonds is 6. The minimum Gasteiger partial charge on any atom is -0.343 e. The predicted octanol–water partition coefficient (Wildman–Crippen LogP) is 3.02. The highest BCUT2D eigenvalue weighted by Gasteiger charge is 2.05. The number of benzene rings is 1. The molecule has 4 heteroatoms. The van der Waals surface area contributed by atoms with Gasteiger partial charge in [-0.1, -0.05) is 19.1 Å². The maximum absolute atomic E-state index is 4.35. The third kappa shape index (κ3) is 3.00. The Hall–Kier alpha value is -2.07. The van der Waals surface area contributed by atoms with Gasteiger partial charge in [-0.3, -0.25) is 4.68 Å². The van der Waals surface area contributed by atoms with Gasteiger partial charge in [-0.05, 0) is 36.6 Å². The highest BCUT2D eigenvalue weighted by Crippen LogP contribution is 2.19. The van der Waals surface area contributed by atoms with Crippen LogP contribution in [-0.4, -0.2) is 20.9 Å². The number of nitrogens with zero attached hydrogens (tertiary/aromatic N) is 3. The molecule has 0 atom stereocenters. The summed E-state index contributed by atoms with van der Waals surface area (Å²) in [5.74, 6) is 0. The predicted molar refractivity (Wildman–Crippen MR) is 86.3 cm³/mol. The summed E-state index contributed by atoms with van der Waals surface area (Å²) in [5.41, 5.74) is 3.86. The first-order valence-electron chi connectivity index (χ1n) is 7.60. The van der Waals surface area contributed by atoms with E-state index in [1.807, 2.05) is 10.9 Å². The van der Waals surface area contributed by atoms with Crippen LogP contribution >= 0.6 is 0 Å². The molecule has 21 heavy (non-hydrogen) atoms. The zero-order valence-electron chi connectivity index (χ0n) is 12.7. The SMILES string of the molecule is CCNCc1ccc2ccn(Cc3cnn(CC)c3)c2c1. The highest BCUT2D eigenvalue weighted by atomic mass is 15.3. The third-order valence-corrected chi connectivity index (χ3v) is 3.78. The molecule has 0 radical (unpaired) electrons. The molecule has 0 fully saturated rings. The average Bonchev–Trinajstić information content (AvgIpc) is 3.12. The van der Waals surface area contributed by atoms with Crippen LogP contribution in [0.1, 0.15) is 25.0 Å². The van der Waals surface area contributed by atoms with Gasteiger partial charge in [-0.2, -0.15) is 5.10 Å². The molecule has 110 valence electrons. The Balaban J connectivity index is 1.87. The van der Waals surface area contributed by atoms with Crippen molar-refractivity contribution in [1.29, 1.82) is 0 Å². The van der Waals surface area contributed by atoms with E-state index in [9.17, 15) is 0 Å². The van der Waals surface area contributed by atoms with Crippen molar-refractivity contribution in [2.75, 3.05) is 6.54 Å². The van der Waals surface area contributed by atoms with Crippen LogP contribution < -0.4 is 5.32 Å². The zero-order valence-corrected chi connectivity index (χ0v) is 12.7. The fourth-order valence-corrected chi connectivity index (χ4v) is 2.60. The Morgan fingerprint density at radius 1 is 1.14 bits per heavy atom. The summed E-state index contributed by atoms with van der Waals surface area (Å²) in [6, 6.07) is 8.86. The maximum Gasteiger partial charge on any atom is 0.0539 e. The summed E-state index contributed by atoms with van der Waals surface area (Å²) in [6.45, 7) is 7.94. The first-order valence-corrected chi connectivity index (χ1v) is 7.60. The summed E-state index contributed by atoms with van der Waals surface area (Å²) in [6.07, 6.45) is 6.23.